The van der Waals surface area contributed by atoms with Gasteiger partial charge in [-0.25, -0.2) is 4.79 Å². The molecule has 0 bridgehead atoms. The molecule has 0 spiro atoms. The highest BCUT2D eigenvalue weighted by Gasteiger charge is 2.11. The average molecular weight is 336 g/mol. The monoisotopic (exact) mass is 336 g/mol. The van der Waals surface area contributed by atoms with Gasteiger partial charge in [0.25, 0.3) is 5.91 Å². The summed E-state index contributed by atoms with van der Waals surface area (Å²) in [5.74, 6) is -0.537. The SMILES string of the molecule is COC(=O)c1ccc(CNC(=O)c2cc3c(C)cc(C)cc3[nH]2)cc1. The third-order valence-electron chi connectivity index (χ3n) is 4.16. The number of aryl methyl sites for hydroxylation is 2. The number of amides is 1. The quantitative estimate of drug-likeness (QED) is 0.716. The first-order valence-corrected chi connectivity index (χ1v) is 8.03. The lowest BCUT2D eigenvalue weighted by Gasteiger charge is -2.05. The number of hydrogen-bond donors (Lipinski definition) is 2. The van der Waals surface area contributed by atoms with Crippen molar-refractivity contribution < 1.29 is 14.3 Å². The van der Waals surface area contributed by atoms with Gasteiger partial charge in [-0.1, -0.05) is 18.2 Å². The molecule has 3 rings (SSSR count). The maximum absolute atomic E-state index is 12.4. The second-order valence-electron chi connectivity index (χ2n) is 6.10. The van der Waals surface area contributed by atoms with Crippen molar-refractivity contribution in [1.82, 2.24) is 10.3 Å². The molecule has 0 aliphatic rings. The molecule has 0 aliphatic heterocycles. The Morgan fingerprint density at radius 3 is 2.48 bits per heavy atom. The Bertz CT molecular complexity index is 939. The number of methoxy groups -OCH3 is 1. The average Bonchev–Trinajstić information content (AvgIpc) is 3.04. The topological polar surface area (TPSA) is 71.2 Å². The second-order valence-corrected chi connectivity index (χ2v) is 6.10. The van der Waals surface area contributed by atoms with Crippen LogP contribution in [-0.4, -0.2) is 24.0 Å². The molecule has 1 heterocycles. The van der Waals surface area contributed by atoms with Crippen molar-refractivity contribution in [2.45, 2.75) is 20.4 Å². The van der Waals surface area contributed by atoms with Crippen molar-refractivity contribution in [3.63, 3.8) is 0 Å². The minimum absolute atomic E-state index is 0.162. The zero-order valence-corrected chi connectivity index (χ0v) is 14.5. The lowest BCUT2D eigenvalue weighted by atomic mass is 10.1. The Hall–Kier alpha value is -3.08. The number of nitrogens with one attached hydrogen (secondary N) is 2. The zero-order chi connectivity index (χ0) is 18.0. The molecule has 3 aromatic rings. The van der Waals surface area contributed by atoms with E-state index in [2.05, 4.69) is 21.1 Å². The molecule has 0 saturated carbocycles. The van der Waals surface area contributed by atoms with E-state index < -0.39 is 0 Å². The van der Waals surface area contributed by atoms with Crippen LogP contribution in [0.15, 0.2) is 42.5 Å². The number of aromatic nitrogens is 1. The fourth-order valence-corrected chi connectivity index (χ4v) is 2.88. The van der Waals surface area contributed by atoms with Crippen LogP contribution in [0, 0.1) is 13.8 Å². The van der Waals surface area contributed by atoms with E-state index in [-0.39, 0.29) is 11.9 Å². The van der Waals surface area contributed by atoms with Crippen molar-refractivity contribution >= 4 is 22.8 Å². The normalized spacial score (nSPS) is 10.7. The number of hydrogen-bond acceptors (Lipinski definition) is 3. The number of fused-ring (bicyclic) bond motifs is 1. The summed E-state index contributed by atoms with van der Waals surface area (Å²) in [6.45, 7) is 4.45. The fourth-order valence-electron chi connectivity index (χ4n) is 2.88. The Labute approximate surface area is 146 Å². The zero-order valence-electron chi connectivity index (χ0n) is 14.5. The van der Waals surface area contributed by atoms with Gasteiger partial charge >= 0.3 is 5.97 Å². The number of benzene rings is 2. The maximum atomic E-state index is 12.4. The lowest BCUT2D eigenvalue weighted by molar-refractivity contribution is 0.0600. The molecule has 1 amide bonds. The van der Waals surface area contributed by atoms with Gasteiger partial charge in [0, 0.05) is 17.4 Å². The first kappa shape index (κ1) is 16.8. The summed E-state index contributed by atoms with van der Waals surface area (Å²) >= 11 is 0. The molecule has 1 aromatic heterocycles. The molecular formula is C20H20N2O3. The van der Waals surface area contributed by atoms with Crippen molar-refractivity contribution in [3.8, 4) is 0 Å². The molecule has 0 aliphatic carbocycles. The van der Waals surface area contributed by atoms with E-state index in [9.17, 15) is 9.59 Å². The summed E-state index contributed by atoms with van der Waals surface area (Å²) in [5.41, 5.74) is 5.19. The van der Waals surface area contributed by atoms with Crippen LogP contribution in [0.25, 0.3) is 10.9 Å². The van der Waals surface area contributed by atoms with E-state index in [4.69, 9.17) is 0 Å². The van der Waals surface area contributed by atoms with Gasteiger partial charge in [0.05, 0.1) is 12.7 Å². The molecule has 0 atom stereocenters. The van der Waals surface area contributed by atoms with Gasteiger partial charge in [-0.3, -0.25) is 4.79 Å². The number of rotatable bonds is 4. The second kappa shape index (κ2) is 6.81. The molecule has 0 saturated heterocycles. The van der Waals surface area contributed by atoms with Gasteiger partial charge in [-0.2, -0.15) is 0 Å². The summed E-state index contributed by atoms with van der Waals surface area (Å²) < 4.78 is 4.67. The Morgan fingerprint density at radius 1 is 1.08 bits per heavy atom. The highest BCUT2D eigenvalue weighted by Crippen LogP contribution is 2.21. The van der Waals surface area contributed by atoms with Crippen LogP contribution in [0.1, 0.15) is 37.5 Å². The van der Waals surface area contributed by atoms with Gasteiger partial charge in [0.2, 0.25) is 0 Å². The lowest BCUT2D eigenvalue weighted by Crippen LogP contribution is -2.23. The number of aromatic amines is 1. The molecule has 25 heavy (non-hydrogen) atoms. The summed E-state index contributed by atoms with van der Waals surface area (Å²) in [6, 6.07) is 13.0. The molecule has 2 aromatic carbocycles. The van der Waals surface area contributed by atoms with E-state index in [0.717, 1.165) is 27.6 Å². The minimum atomic E-state index is -0.376. The first-order valence-electron chi connectivity index (χ1n) is 8.03. The summed E-state index contributed by atoms with van der Waals surface area (Å²) in [6.07, 6.45) is 0. The fraction of sp³-hybridized carbons (Fsp3) is 0.200. The van der Waals surface area contributed by atoms with Crippen LogP contribution >= 0.6 is 0 Å². The van der Waals surface area contributed by atoms with Gasteiger partial charge in [0.1, 0.15) is 5.69 Å². The van der Waals surface area contributed by atoms with Crippen LogP contribution in [0.4, 0.5) is 0 Å². The van der Waals surface area contributed by atoms with Crippen molar-refractivity contribution in [3.05, 3.63) is 70.4 Å². The first-order chi connectivity index (χ1) is 12.0. The molecule has 5 heteroatoms. The molecule has 128 valence electrons. The highest BCUT2D eigenvalue weighted by atomic mass is 16.5. The minimum Gasteiger partial charge on any atom is -0.465 e. The standard InChI is InChI=1S/C20H20N2O3/c1-12-8-13(2)16-10-18(22-17(16)9-12)19(23)21-11-14-4-6-15(7-5-14)20(24)25-3/h4-10,22H,11H2,1-3H3,(H,21,23). The Balaban J connectivity index is 1.70. The van der Waals surface area contributed by atoms with Crippen LogP contribution in [-0.2, 0) is 11.3 Å². The third-order valence-corrected chi connectivity index (χ3v) is 4.16. The van der Waals surface area contributed by atoms with E-state index in [0.29, 0.717) is 17.8 Å². The van der Waals surface area contributed by atoms with E-state index in [1.165, 1.54) is 7.11 Å². The summed E-state index contributed by atoms with van der Waals surface area (Å²) in [5, 5.41) is 3.94. The predicted molar refractivity (Wildman–Crippen MR) is 96.7 cm³/mol. The van der Waals surface area contributed by atoms with Crippen LogP contribution in [0.3, 0.4) is 0 Å². The van der Waals surface area contributed by atoms with Gasteiger partial charge < -0.3 is 15.0 Å². The van der Waals surface area contributed by atoms with Gasteiger partial charge in [0.15, 0.2) is 0 Å². The maximum Gasteiger partial charge on any atom is 0.337 e. The molecular weight excluding hydrogens is 316 g/mol. The summed E-state index contributed by atoms with van der Waals surface area (Å²) in [4.78, 5) is 27.0. The van der Waals surface area contributed by atoms with Crippen molar-refractivity contribution in [1.29, 1.82) is 0 Å². The molecule has 2 N–H and O–H groups in total. The van der Waals surface area contributed by atoms with E-state index >= 15 is 0 Å². The van der Waals surface area contributed by atoms with Crippen LogP contribution < -0.4 is 5.32 Å². The third kappa shape index (κ3) is 3.55. The number of carbonyl (C=O) groups excluding carboxylic acids is 2. The Morgan fingerprint density at radius 2 is 1.80 bits per heavy atom. The smallest absolute Gasteiger partial charge is 0.337 e. The van der Waals surface area contributed by atoms with Gasteiger partial charge in [-0.15, -0.1) is 0 Å². The van der Waals surface area contributed by atoms with E-state index in [1.54, 1.807) is 24.3 Å². The Kier molecular flexibility index (Phi) is 4.57. The molecule has 0 fully saturated rings. The predicted octanol–water partition coefficient (Wildman–Crippen LogP) is 3.50. The van der Waals surface area contributed by atoms with E-state index in [1.807, 2.05) is 26.0 Å². The van der Waals surface area contributed by atoms with Gasteiger partial charge in [-0.05, 0) is 54.8 Å². The highest BCUT2D eigenvalue weighted by molar-refractivity contribution is 5.99. The number of ether oxygens (including phenoxy) is 1. The number of carbonyl (C=O) groups is 2. The largest absolute Gasteiger partial charge is 0.465 e. The molecule has 0 radical (unpaired) electrons. The van der Waals surface area contributed by atoms with Crippen molar-refractivity contribution in [2.75, 3.05) is 7.11 Å². The van der Waals surface area contributed by atoms with Crippen LogP contribution in [0.2, 0.25) is 0 Å². The number of esters is 1. The van der Waals surface area contributed by atoms with Crippen molar-refractivity contribution in [2.24, 2.45) is 0 Å². The summed E-state index contributed by atoms with van der Waals surface area (Å²) in [7, 11) is 1.35. The molecule has 5 nitrogen and oxygen atoms in total. The van der Waals surface area contributed by atoms with Crippen LogP contribution in [0.5, 0.6) is 0 Å². The molecule has 0 unspecified atom stereocenters. The number of H-pyrrole nitrogens is 1.